The molecule has 0 aliphatic rings. The molecule has 0 radical (unpaired) electrons. The molecule has 8 heteroatoms. The molecule has 0 aliphatic carbocycles. The summed E-state index contributed by atoms with van der Waals surface area (Å²) in [5, 5.41) is 11.6. The van der Waals surface area contributed by atoms with Crippen LogP contribution in [0.1, 0.15) is 168 Å². The first kappa shape index (κ1) is 52.0. The van der Waals surface area contributed by atoms with Gasteiger partial charge in [0.15, 0.2) is 6.10 Å². The lowest BCUT2D eigenvalue weighted by Gasteiger charge is -2.34. The molecule has 0 rings (SSSR count). The van der Waals surface area contributed by atoms with Crippen molar-refractivity contribution in [3.05, 3.63) is 60.8 Å². The van der Waals surface area contributed by atoms with Crippen LogP contribution in [-0.2, 0) is 28.6 Å². The van der Waals surface area contributed by atoms with Gasteiger partial charge in [0.25, 0.3) is 0 Å². The van der Waals surface area contributed by atoms with Gasteiger partial charge >= 0.3 is 11.9 Å². The lowest BCUT2D eigenvalue weighted by atomic mass is 10.1. The van der Waals surface area contributed by atoms with Gasteiger partial charge in [0.2, 0.25) is 0 Å². The molecule has 0 fully saturated rings. The standard InChI is InChI=1S/C47H81NO7/c1-6-8-10-12-14-16-18-20-22-24-26-28-30-32-34-36-38-46(50)55-43(41-53-40-39-44(47(51)52)48(3,4)5)42-54-45(49)37-35-33-31-29-27-25-23-21-19-17-15-13-11-9-7-2/h9,11,13,15,17,19,22,24,26,28,43-44H,6-8,10,12,14,16,18,20-21,23,25,27,29-42H2,1-5H3/b11-9+,15-13+,19-17+,24-22+,28-26+. The lowest BCUT2D eigenvalue weighted by molar-refractivity contribution is -0.889. The van der Waals surface area contributed by atoms with Crippen LogP contribution >= 0.6 is 0 Å². The number of carboxylic acid groups (broad SMARTS) is 1. The summed E-state index contributed by atoms with van der Waals surface area (Å²) in [6.07, 6.45) is 45.3. The van der Waals surface area contributed by atoms with Crippen LogP contribution in [0, 0.1) is 0 Å². The molecular formula is C47H81NO7. The van der Waals surface area contributed by atoms with Crippen molar-refractivity contribution in [2.24, 2.45) is 0 Å². The Bertz CT molecular complexity index is 1090. The molecule has 0 aromatic heterocycles. The van der Waals surface area contributed by atoms with Crippen LogP contribution in [0.4, 0.5) is 0 Å². The number of carboxylic acids is 1. The average Bonchev–Trinajstić information content (AvgIpc) is 3.14. The van der Waals surface area contributed by atoms with Crippen molar-refractivity contribution >= 4 is 17.9 Å². The minimum absolute atomic E-state index is 0.0238. The Hall–Kier alpha value is -2.97. The number of hydrogen-bond donors (Lipinski definition) is 0. The molecule has 0 aromatic carbocycles. The van der Waals surface area contributed by atoms with Gasteiger partial charge in [0.1, 0.15) is 12.6 Å². The van der Waals surface area contributed by atoms with Crippen molar-refractivity contribution in [2.75, 3.05) is 41.0 Å². The highest BCUT2D eigenvalue weighted by molar-refractivity contribution is 5.70. The van der Waals surface area contributed by atoms with Crippen molar-refractivity contribution in [2.45, 2.75) is 180 Å². The van der Waals surface area contributed by atoms with E-state index in [-0.39, 0.29) is 49.1 Å². The average molecular weight is 772 g/mol. The second-order valence-electron chi connectivity index (χ2n) is 15.6. The highest BCUT2D eigenvalue weighted by atomic mass is 16.6. The molecule has 55 heavy (non-hydrogen) atoms. The van der Waals surface area contributed by atoms with Crippen molar-refractivity contribution in [1.29, 1.82) is 0 Å². The van der Waals surface area contributed by atoms with Crippen LogP contribution in [0.2, 0.25) is 0 Å². The van der Waals surface area contributed by atoms with Crippen molar-refractivity contribution in [3.63, 3.8) is 0 Å². The highest BCUT2D eigenvalue weighted by Gasteiger charge is 2.25. The Morgan fingerprint density at radius 2 is 1.02 bits per heavy atom. The van der Waals surface area contributed by atoms with Gasteiger partial charge in [0, 0.05) is 19.3 Å². The Kier molecular flexibility index (Phi) is 35.9. The van der Waals surface area contributed by atoms with E-state index in [1.807, 2.05) is 0 Å². The summed E-state index contributed by atoms with van der Waals surface area (Å²) >= 11 is 0. The topological polar surface area (TPSA) is 102 Å². The summed E-state index contributed by atoms with van der Waals surface area (Å²) in [6.45, 7) is 4.47. The first-order valence-corrected chi connectivity index (χ1v) is 21.9. The zero-order valence-corrected chi connectivity index (χ0v) is 35.8. The van der Waals surface area contributed by atoms with Crippen LogP contribution in [0.3, 0.4) is 0 Å². The summed E-state index contributed by atoms with van der Waals surface area (Å²) in [7, 11) is 5.39. The van der Waals surface area contributed by atoms with E-state index < -0.39 is 18.1 Å². The molecule has 0 heterocycles. The first-order chi connectivity index (χ1) is 26.6. The number of carbonyl (C=O) groups excluding carboxylic acids is 3. The number of likely N-dealkylation sites (N-methyl/N-ethyl adjacent to an activating group) is 1. The molecule has 2 unspecified atom stereocenters. The van der Waals surface area contributed by atoms with Crippen molar-refractivity contribution in [1.82, 2.24) is 0 Å². The predicted molar refractivity (Wildman–Crippen MR) is 226 cm³/mol. The third kappa shape index (κ3) is 36.4. The van der Waals surface area contributed by atoms with Gasteiger partial charge in [-0.1, -0.05) is 152 Å². The number of ether oxygens (including phenoxy) is 3. The number of unbranched alkanes of at least 4 members (excludes halogenated alkanes) is 17. The maximum Gasteiger partial charge on any atom is 0.306 e. The zero-order chi connectivity index (χ0) is 40.7. The van der Waals surface area contributed by atoms with Crippen molar-refractivity contribution < 1.29 is 38.2 Å². The Morgan fingerprint density at radius 3 is 1.53 bits per heavy atom. The number of rotatable bonds is 38. The lowest BCUT2D eigenvalue weighted by Crippen LogP contribution is -2.55. The van der Waals surface area contributed by atoms with E-state index in [0.29, 0.717) is 6.42 Å². The van der Waals surface area contributed by atoms with E-state index in [1.165, 1.54) is 64.2 Å². The van der Waals surface area contributed by atoms with Crippen LogP contribution in [0.25, 0.3) is 0 Å². The summed E-state index contributed by atoms with van der Waals surface area (Å²) in [6, 6.07) is -0.734. The molecule has 0 bridgehead atoms. The number of quaternary nitrogens is 1. The van der Waals surface area contributed by atoms with Crippen LogP contribution < -0.4 is 5.11 Å². The Labute approximate surface area is 337 Å². The van der Waals surface area contributed by atoms with Gasteiger partial charge < -0.3 is 28.6 Å². The van der Waals surface area contributed by atoms with Crippen LogP contribution in [-0.4, -0.2) is 75.5 Å². The Balaban J connectivity index is 4.43. The van der Waals surface area contributed by atoms with Gasteiger partial charge in [-0.15, -0.1) is 0 Å². The SMILES string of the molecule is CC/C=C/C=C/C=C/CCCCCCCCCC(=O)OCC(COCCC(C(=O)[O-])[N+](C)(C)C)OC(=O)CCCCC/C=C/C=C/CCCCCCCCC. The predicted octanol–water partition coefficient (Wildman–Crippen LogP) is 10.5. The Morgan fingerprint density at radius 1 is 0.564 bits per heavy atom. The van der Waals surface area contributed by atoms with Gasteiger partial charge in [-0.3, -0.25) is 9.59 Å². The molecule has 0 aromatic rings. The number of esters is 2. The third-order valence-electron chi connectivity index (χ3n) is 9.48. The fraction of sp³-hybridized carbons (Fsp3) is 0.723. The molecule has 8 nitrogen and oxygen atoms in total. The zero-order valence-electron chi connectivity index (χ0n) is 35.8. The van der Waals surface area contributed by atoms with E-state index in [4.69, 9.17) is 14.2 Å². The van der Waals surface area contributed by atoms with Gasteiger partial charge in [-0.25, -0.2) is 0 Å². The smallest absolute Gasteiger partial charge is 0.306 e. The summed E-state index contributed by atoms with van der Waals surface area (Å²) in [5.41, 5.74) is 0. The number of nitrogens with zero attached hydrogens (tertiary/aromatic N) is 1. The second-order valence-corrected chi connectivity index (χ2v) is 15.6. The summed E-state index contributed by atoms with van der Waals surface area (Å²) in [4.78, 5) is 36.8. The van der Waals surface area contributed by atoms with E-state index in [1.54, 1.807) is 21.1 Å². The molecule has 0 spiro atoms. The van der Waals surface area contributed by atoms with Gasteiger partial charge in [-0.05, 0) is 57.8 Å². The van der Waals surface area contributed by atoms with E-state index in [9.17, 15) is 19.5 Å². The molecule has 2 atom stereocenters. The molecular weight excluding hydrogens is 691 g/mol. The molecule has 0 saturated carbocycles. The molecule has 0 amide bonds. The van der Waals surface area contributed by atoms with E-state index in [0.717, 1.165) is 70.6 Å². The monoisotopic (exact) mass is 772 g/mol. The second kappa shape index (κ2) is 37.9. The number of aliphatic carboxylic acids is 1. The quantitative estimate of drug-likeness (QED) is 0.0266. The van der Waals surface area contributed by atoms with Gasteiger partial charge in [0.05, 0.1) is 40.3 Å². The fourth-order valence-electron chi connectivity index (χ4n) is 6.06. The van der Waals surface area contributed by atoms with Gasteiger partial charge in [-0.2, -0.15) is 0 Å². The molecule has 0 saturated heterocycles. The van der Waals surface area contributed by atoms with Crippen LogP contribution in [0.15, 0.2) is 60.8 Å². The third-order valence-corrected chi connectivity index (χ3v) is 9.48. The molecule has 0 aliphatic heterocycles. The summed E-state index contributed by atoms with van der Waals surface area (Å²) in [5.74, 6) is -1.79. The number of carbonyl (C=O) groups is 3. The van der Waals surface area contributed by atoms with E-state index in [2.05, 4.69) is 74.6 Å². The summed E-state index contributed by atoms with van der Waals surface area (Å²) < 4.78 is 17.1. The maximum absolute atomic E-state index is 12.7. The number of allylic oxidation sites excluding steroid dienone is 10. The minimum Gasteiger partial charge on any atom is -0.544 e. The number of hydrogen-bond acceptors (Lipinski definition) is 7. The van der Waals surface area contributed by atoms with Crippen LogP contribution in [0.5, 0.6) is 0 Å². The normalized spacial score (nSPS) is 13.5. The van der Waals surface area contributed by atoms with Crippen molar-refractivity contribution in [3.8, 4) is 0 Å². The largest absolute Gasteiger partial charge is 0.544 e. The first-order valence-electron chi connectivity index (χ1n) is 21.9. The fourth-order valence-corrected chi connectivity index (χ4v) is 6.06. The maximum atomic E-state index is 12.7. The molecule has 0 N–H and O–H groups in total. The van der Waals surface area contributed by atoms with E-state index >= 15 is 0 Å². The molecule has 316 valence electrons. The minimum atomic E-state index is -1.13. The highest BCUT2D eigenvalue weighted by Crippen LogP contribution is 2.13.